The molecule has 1 heterocycles. The quantitative estimate of drug-likeness (QED) is 0.877. The van der Waals surface area contributed by atoms with Crippen LogP contribution in [0, 0.1) is 17.2 Å². The van der Waals surface area contributed by atoms with Gasteiger partial charge in [-0.15, -0.1) is 0 Å². The molecule has 0 saturated heterocycles. The molecule has 0 unspecified atom stereocenters. The van der Waals surface area contributed by atoms with Crippen LogP contribution in [0.5, 0.6) is 0 Å². The second-order valence-electron chi connectivity index (χ2n) is 4.75. The second kappa shape index (κ2) is 6.19. The first-order valence-corrected chi connectivity index (χ1v) is 6.82. The van der Waals surface area contributed by atoms with Gasteiger partial charge in [0, 0.05) is 11.9 Å². The lowest BCUT2D eigenvalue weighted by molar-refractivity contribution is 0.518. The van der Waals surface area contributed by atoms with Crippen LogP contribution in [0.4, 0.5) is 5.82 Å². The van der Waals surface area contributed by atoms with E-state index in [1.807, 2.05) is 30.3 Å². The van der Waals surface area contributed by atoms with E-state index in [0.717, 1.165) is 36.1 Å². The minimum absolute atomic E-state index is 0.652. The van der Waals surface area contributed by atoms with E-state index in [9.17, 15) is 5.26 Å². The Morgan fingerprint density at radius 2 is 2.00 bits per heavy atom. The van der Waals surface area contributed by atoms with Crippen LogP contribution >= 0.6 is 0 Å². The van der Waals surface area contributed by atoms with Crippen molar-refractivity contribution in [3.63, 3.8) is 0 Å². The molecule has 0 aliphatic heterocycles. The SMILES string of the molecule is CCC(CC)CNc1cc(C#N)c2ccccc2n1. The molecule has 0 aliphatic rings. The molecule has 0 spiro atoms. The normalized spacial score (nSPS) is 10.6. The predicted molar refractivity (Wildman–Crippen MR) is 79.0 cm³/mol. The van der Waals surface area contributed by atoms with E-state index < -0.39 is 0 Å². The second-order valence-corrected chi connectivity index (χ2v) is 4.75. The van der Waals surface area contributed by atoms with Crippen molar-refractivity contribution in [1.82, 2.24) is 4.98 Å². The van der Waals surface area contributed by atoms with Crippen LogP contribution in [0.1, 0.15) is 32.3 Å². The van der Waals surface area contributed by atoms with Crippen molar-refractivity contribution in [3.8, 4) is 6.07 Å². The highest BCUT2D eigenvalue weighted by Crippen LogP contribution is 2.20. The van der Waals surface area contributed by atoms with E-state index in [1.54, 1.807) is 0 Å². The van der Waals surface area contributed by atoms with Crippen molar-refractivity contribution in [2.75, 3.05) is 11.9 Å². The molecule has 0 amide bonds. The molecule has 19 heavy (non-hydrogen) atoms. The van der Waals surface area contributed by atoms with Crippen molar-refractivity contribution < 1.29 is 0 Å². The molecule has 98 valence electrons. The Morgan fingerprint density at radius 1 is 1.26 bits per heavy atom. The zero-order valence-corrected chi connectivity index (χ0v) is 11.5. The summed E-state index contributed by atoms with van der Waals surface area (Å²) in [7, 11) is 0. The number of hydrogen-bond donors (Lipinski definition) is 1. The Kier molecular flexibility index (Phi) is 4.35. The Hall–Kier alpha value is -2.08. The summed E-state index contributed by atoms with van der Waals surface area (Å²) in [4.78, 5) is 4.56. The summed E-state index contributed by atoms with van der Waals surface area (Å²) < 4.78 is 0. The van der Waals surface area contributed by atoms with Crippen LogP contribution in [0.25, 0.3) is 10.9 Å². The first kappa shape index (κ1) is 13.4. The van der Waals surface area contributed by atoms with E-state index in [4.69, 9.17) is 0 Å². The van der Waals surface area contributed by atoms with Crippen LogP contribution in [-0.4, -0.2) is 11.5 Å². The highest BCUT2D eigenvalue weighted by Gasteiger charge is 2.07. The summed E-state index contributed by atoms with van der Waals surface area (Å²) in [5, 5.41) is 13.5. The fourth-order valence-corrected chi connectivity index (χ4v) is 2.18. The highest BCUT2D eigenvalue weighted by atomic mass is 15.0. The molecule has 1 N–H and O–H groups in total. The van der Waals surface area contributed by atoms with Crippen LogP contribution in [0.3, 0.4) is 0 Å². The summed E-state index contributed by atoms with van der Waals surface area (Å²) in [6.45, 7) is 5.30. The largest absolute Gasteiger partial charge is 0.370 e. The number of pyridine rings is 1. The predicted octanol–water partition coefficient (Wildman–Crippen LogP) is 3.95. The van der Waals surface area contributed by atoms with E-state index in [0.29, 0.717) is 11.5 Å². The molecule has 1 aromatic carbocycles. The zero-order valence-electron chi connectivity index (χ0n) is 11.5. The van der Waals surface area contributed by atoms with Gasteiger partial charge in [0.15, 0.2) is 0 Å². The van der Waals surface area contributed by atoms with E-state index >= 15 is 0 Å². The number of fused-ring (bicyclic) bond motifs is 1. The van der Waals surface area contributed by atoms with Crippen molar-refractivity contribution >= 4 is 16.7 Å². The lowest BCUT2D eigenvalue weighted by atomic mass is 10.0. The van der Waals surface area contributed by atoms with Gasteiger partial charge in [0.2, 0.25) is 0 Å². The minimum atomic E-state index is 0.652. The molecule has 3 nitrogen and oxygen atoms in total. The first-order valence-electron chi connectivity index (χ1n) is 6.82. The molecule has 2 aromatic rings. The molecule has 3 heteroatoms. The van der Waals surface area contributed by atoms with Crippen molar-refractivity contribution in [2.24, 2.45) is 5.92 Å². The van der Waals surface area contributed by atoms with Gasteiger partial charge >= 0.3 is 0 Å². The van der Waals surface area contributed by atoms with Crippen molar-refractivity contribution in [1.29, 1.82) is 5.26 Å². The maximum atomic E-state index is 9.22. The van der Waals surface area contributed by atoms with Gasteiger partial charge in [-0.1, -0.05) is 44.9 Å². The monoisotopic (exact) mass is 253 g/mol. The average Bonchev–Trinajstić information content (AvgIpc) is 2.47. The van der Waals surface area contributed by atoms with Gasteiger partial charge in [-0.3, -0.25) is 0 Å². The van der Waals surface area contributed by atoms with Crippen LogP contribution < -0.4 is 5.32 Å². The first-order chi connectivity index (χ1) is 9.28. The third-order valence-corrected chi connectivity index (χ3v) is 3.56. The van der Waals surface area contributed by atoms with E-state index in [1.165, 1.54) is 0 Å². The fraction of sp³-hybridized carbons (Fsp3) is 0.375. The molecule has 0 radical (unpaired) electrons. The summed E-state index contributed by atoms with van der Waals surface area (Å²) in [5.74, 6) is 1.45. The third kappa shape index (κ3) is 3.03. The van der Waals surface area contributed by atoms with Gasteiger partial charge in [-0.25, -0.2) is 4.98 Å². The number of rotatable bonds is 5. The molecule has 2 rings (SSSR count). The third-order valence-electron chi connectivity index (χ3n) is 3.56. The van der Waals surface area contributed by atoms with Gasteiger partial charge < -0.3 is 5.32 Å². The highest BCUT2D eigenvalue weighted by molar-refractivity contribution is 5.86. The van der Waals surface area contributed by atoms with Crippen LogP contribution in [0.15, 0.2) is 30.3 Å². The number of aromatic nitrogens is 1. The summed E-state index contributed by atoms with van der Waals surface area (Å²) in [6, 6.07) is 11.8. The summed E-state index contributed by atoms with van der Waals surface area (Å²) in [5.41, 5.74) is 1.55. The fourth-order valence-electron chi connectivity index (χ4n) is 2.18. The summed E-state index contributed by atoms with van der Waals surface area (Å²) >= 11 is 0. The zero-order chi connectivity index (χ0) is 13.7. The molecule has 0 fully saturated rings. The van der Waals surface area contributed by atoms with Gasteiger partial charge in [0.05, 0.1) is 17.1 Å². The lowest BCUT2D eigenvalue weighted by Gasteiger charge is -2.14. The van der Waals surface area contributed by atoms with Crippen molar-refractivity contribution in [2.45, 2.75) is 26.7 Å². The smallest absolute Gasteiger partial charge is 0.127 e. The topological polar surface area (TPSA) is 48.7 Å². The molecule has 0 saturated carbocycles. The van der Waals surface area contributed by atoms with Gasteiger partial charge in [-0.2, -0.15) is 5.26 Å². The average molecular weight is 253 g/mol. The summed E-state index contributed by atoms with van der Waals surface area (Å²) in [6.07, 6.45) is 2.31. The van der Waals surface area contributed by atoms with Crippen LogP contribution in [-0.2, 0) is 0 Å². The maximum Gasteiger partial charge on any atom is 0.127 e. The van der Waals surface area contributed by atoms with E-state index in [-0.39, 0.29) is 0 Å². The van der Waals surface area contributed by atoms with E-state index in [2.05, 4.69) is 30.2 Å². The number of hydrogen-bond acceptors (Lipinski definition) is 3. The minimum Gasteiger partial charge on any atom is -0.370 e. The number of benzene rings is 1. The van der Waals surface area contributed by atoms with Crippen LogP contribution in [0.2, 0.25) is 0 Å². The molecule has 1 aromatic heterocycles. The number of nitrogens with zero attached hydrogens (tertiary/aromatic N) is 2. The molecular formula is C16H19N3. The molecule has 0 aliphatic carbocycles. The Morgan fingerprint density at radius 3 is 2.68 bits per heavy atom. The van der Waals surface area contributed by atoms with Gasteiger partial charge in [-0.05, 0) is 18.1 Å². The number of para-hydroxylation sites is 1. The number of anilines is 1. The standard InChI is InChI=1S/C16H19N3/c1-3-12(4-2)11-18-16-9-13(10-17)14-7-5-6-8-15(14)19-16/h5-9,12H,3-4,11H2,1-2H3,(H,18,19). The lowest BCUT2D eigenvalue weighted by Crippen LogP contribution is -2.13. The molecule has 0 bridgehead atoms. The number of nitrogens with one attached hydrogen (secondary N) is 1. The maximum absolute atomic E-state index is 9.22. The molecule has 0 atom stereocenters. The van der Waals surface area contributed by atoms with Gasteiger partial charge in [0.25, 0.3) is 0 Å². The van der Waals surface area contributed by atoms with Crippen molar-refractivity contribution in [3.05, 3.63) is 35.9 Å². The Bertz CT molecular complexity index is 594. The Labute approximate surface area is 114 Å². The molecular weight excluding hydrogens is 234 g/mol. The van der Waals surface area contributed by atoms with Gasteiger partial charge in [0.1, 0.15) is 5.82 Å². The number of nitriles is 1. The Balaban J connectivity index is 2.27.